The van der Waals surface area contributed by atoms with E-state index in [-0.39, 0.29) is 0 Å². The Morgan fingerprint density at radius 1 is 0.345 bits per heavy atom. The minimum Gasteiger partial charge on any atom is -0.299 e. The van der Waals surface area contributed by atoms with Gasteiger partial charge < -0.3 is 0 Å². The van der Waals surface area contributed by atoms with Crippen LogP contribution in [0.25, 0.3) is 84.3 Å². The van der Waals surface area contributed by atoms with Crippen molar-refractivity contribution in [2.45, 2.75) is 5.41 Å². The highest BCUT2D eigenvalue weighted by molar-refractivity contribution is 5.96. The van der Waals surface area contributed by atoms with E-state index >= 15 is 0 Å². The van der Waals surface area contributed by atoms with Crippen molar-refractivity contribution in [3.63, 3.8) is 0 Å². The molecule has 1 spiro atoms. The SMILES string of the molecule is c1ccc(-c2cc(-c3ccc(-c4nc5ccccn5c4-c4ccccc4)cc3)nc(-c3ccc4c(c3)C3(c5ccccc5-c5ccccc53)c3ccccc3-4)n2)cc1. The molecule has 0 radical (unpaired) electrons. The summed E-state index contributed by atoms with van der Waals surface area (Å²) in [5.74, 6) is 0.695. The Hall–Kier alpha value is -7.69. The molecule has 10 aromatic rings. The molecule has 4 heteroatoms. The first-order valence-electron chi connectivity index (χ1n) is 19.8. The van der Waals surface area contributed by atoms with E-state index in [2.05, 4.69) is 193 Å². The Morgan fingerprint density at radius 3 is 1.45 bits per heavy atom. The molecule has 0 bridgehead atoms. The van der Waals surface area contributed by atoms with Crippen LogP contribution in [-0.2, 0) is 5.41 Å². The molecule has 3 aromatic heterocycles. The topological polar surface area (TPSA) is 43.1 Å². The zero-order valence-corrected chi connectivity index (χ0v) is 31.4. The molecule has 4 nitrogen and oxygen atoms in total. The summed E-state index contributed by atoms with van der Waals surface area (Å²) in [6.07, 6.45) is 2.08. The quantitative estimate of drug-likeness (QED) is 0.177. The number of aromatic nitrogens is 4. The molecule has 0 amide bonds. The van der Waals surface area contributed by atoms with E-state index in [0.29, 0.717) is 5.82 Å². The van der Waals surface area contributed by atoms with Crippen LogP contribution in [-0.4, -0.2) is 19.4 Å². The van der Waals surface area contributed by atoms with Crippen molar-refractivity contribution in [3.05, 3.63) is 229 Å². The lowest BCUT2D eigenvalue weighted by molar-refractivity contribution is 0.794. The molecule has 0 fully saturated rings. The molecule has 0 aliphatic heterocycles. The molecule has 2 aliphatic rings. The van der Waals surface area contributed by atoms with Crippen LogP contribution >= 0.6 is 0 Å². The second kappa shape index (κ2) is 12.7. The maximum Gasteiger partial charge on any atom is 0.160 e. The van der Waals surface area contributed by atoms with Crippen LogP contribution in [0.5, 0.6) is 0 Å². The van der Waals surface area contributed by atoms with Crippen LogP contribution < -0.4 is 0 Å². The average Bonchev–Trinajstić information content (AvgIpc) is 3.94. The molecule has 270 valence electrons. The summed E-state index contributed by atoms with van der Waals surface area (Å²) in [5, 5.41) is 0. The Labute approximate surface area is 336 Å². The molecule has 12 rings (SSSR count). The summed E-state index contributed by atoms with van der Waals surface area (Å²) >= 11 is 0. The molecule has 0 saturated carbocycles. The minimum absolute atomic E-state index is 0.443. The molecule has 0 atom stereocenters. The van der Waals surface area contributed by atoms with Gasteiger partial charge in [-0.15, -0.1) is 0 Å². The fourth-order valence-corrected chi connectivity index (χ4v) is 9.58. The fraction of sp³-hybridized carbons (Fsp3) is 0.0185. The highest BCUT2D eigenvalue weighted by atomic mass is 15.0. The monoisotopic (exact) mass is 738 g/mol. The average molecular weight is 739 g/mol. The molecule has 2 aliphatic carbocycles. The van der Waals surface area contributed by atoms with Gasteiger partial charge in [-0.1, -0.05) is 176 Å². The van der Waals surface area contributed by atoms with E-state index in [1.165, 1.54) is 44.5 Å². The van der Waals surface area contributed by atoms with Crippen molar-refractivity contribution in [2.75, 3.05) is 0 Å². The van der Waals surface area contributed by atoms with Crippen molar-refractivity contribution in [2.24, 2.45) is 0 Å². The molecule has 3 heterocycles. The maximum absolute atomic E-state index is 5.35. The van der Waals surface area contributed by atoms with Gasteiger partial charge in [0.1, 0.15) is 5.65 Å². The van der Waals surface area contributed by atoms with Crippen LogP contribution in [0.3, 0.4) is 0 Å². The third-order valence-electron chi connectivity index (χ3n) is 12.1. The van der Waals surface area contributed by atoms with Crippen LogP contribution in [0.2, 0.25) is 0 Å². The number of benzene rings is 7. The van der Waals surface area contributed by atoms with E-state index in [1.807, 2.05) is 18.2 Å². The highest BCUT2D eigenvalue weighted by Gasteiger charge is 2.51. The van der Waals surface area contributed by atoms with Gasteiger partial charge in [-0.25, -0.2) is 15.0 Å². The first-order chi connectivity index (χ1) is 28.8. The van der Waals surface area contributed by atoms with Gasteiger partial charge in [-0.3, -0.25) is 4.40 Å². The van der Waals surface area contributed by atoms with Gasteiger partial charge in [0.05, 0.1) is 28.2 Å². The van der Waals surface area contributed by atoms with Crippen molar-refractivity contribution in [3.8, 4) is 78.7 Å². The van der Waals surface area contributed by atoms with Gasteiger partial charge in [-0.2, -0.15) is 0 Å². The standard InChI is InChI=1S/C54H34N4/c1-3-15-35(16-4-1)48-34-49(36-26-28-37(29-27-36)51-52(38-17-5-2-6-18-38)58-32-14-13-25-50(58)57-51)56-53(55-48)39-30-31-43-42-21-9-12-24-46(42)54(47(43)33-39)44-22-10-7-19-40(44)41-20-8-11-23-45(41)54/h1-34H. The van der Waals surface area contributed by atoms with Crippen molar-refractivity contribution in [1.82, 2.24) is 19.4 Å². The van der Waals surface area contributed by atoms with Crippen LogP contribution in [0.15, 0.2) is 206 Å². The van der Waals surface area contributed by atoms with Crippen LogP contribution in [0.1, 0.15) is 22.3 Å². The summed E-state index contributed by atoms with van der Waals surface area (Å²) in [6, 6.07) is 71.4. The number of rotatable bonds is 5. The number of fused-ring (bicyclic) bond motifs is 11. The predicted molar refractivity (Wildman–Crippen MR) is 234 cm³/mol. The molecule has 0 saturated heterocycles. The van der Waals surface area contributed by atoms with Gasteiger partial charge in [0.15, 0.2) is 5.82 Å². The minimum atomic E-state index is -0.443. The van der Waals surface area contributed by atoms with Gasteiger partial charge in [0.25, 0.3) is 0 Å². The van der Waals surface area contributed by atoms with Crippen molar-refractivity contribution >= 4 is 5.65 Å². The van der Waals surface area contributed by atoms with Crippen molar-refractivity contribution < 1.29 is 0 Å². The first-order valence-corrected chi connectivity index (χ1v) is 19.8. The number of imidazole rings is 1. The highest BCUT2D eigenvalue weighted by Crippen LogP contribution is 2.63. The Balaban J connectivity index is 1.02. The summed E-state index contributed by atoms with van der Waals surface area (Å²) < 4.78 is 2.17. The molecule has 0 N–H and O–H groups in total. The molecule has 0 unspecified atom stereocenters. The first kappa shape index (κ1) is 32.5. The summed E-state index contributed by atoms with van der Waals surface area (Å²) in [6.45, 7) is 0. The zero-order valence-electron chi connectivity index (χ0n) is 31.4. The third-order valence-corrected chi connectivity index (χ3v) is 12.1. The summed E-state index contributed by atoms with van der Waals surface area (Å²) in [5.41, 5.74) is 19.8. The molecular weight excluding hydrogens is 705 g/mol. The zero-order chi connectivity index (χ0) is 38.2. The van der Waals surface area contributed by atoms with E-state index in [4.69, 9.17) is 15.0 Å². The lowest BCUT2D eigenvalue weighted by Gasteiger charge is -2.30. The Morgan fingerprint density at radius 2 is 0.828 bits per heavy atom. The molecule has 7 aromatic carbocycles. The van der Waals surface area contributed by atoms with Gasteiger partial charge >= 0.3 is 0 Å². The molecular formula is C54H34N4. The van der Waals surface area contributed by atoms with E-state index in [0.717, 1.165) is 56.2 Å². The second-order valence-electron chi connectivity index (χ2n) is 15.2. The largest absolute Gasteiger partial charge is 0.299 e. The van der Waals surface area contributed by atoms with Gasteiger partial charge in [-0.05, 0) is 68.8 Å². The number of nitrogens with zero attached hydrogens (tertiary/aromatic N) is 4. The normalized spacial score (nSPS) is 13.0. The number of hydrogen-bond donors (Lipinski definition) is 0. The second-order valence-corrected chi connectivity index (χ2v) is 15.2. The van der Waals surface area contributed by atoms with E-state index < -0.39 is 5.41 Å². The summed E-state index contributed by atoms with van der Waals surface area (Å²) in [4.78, 5) is 15.7. The maximum atomic E-state index is 5.35. The van der Waals surface area contributed by atoms with Crippen LogP contribution in [0, 0.1) is 0 Å². The smallest absolute Gasteiger partial charge is 0.160 e. The van der Waals surface area contributed by atoms with Crippen LogP contribution in [0.4, 0.5) is 0 Å². The predicted octanol–water partition coefficient (Wildman–Crippen LogP) is 12.8. The summed E-state index contributed by atoms with van der Waals surface area (Å²) in [7, 11) is 0. The Bertz CT molecular complexity index is 3150. The number of hydrogen-bond acceptors (Lipinski definition) is 3. The van der Waals surface area contributed by atoms with Gasteiger partial charge in [0, 0.05) is 34.0 Å². The third kappa shape index (κ3) is 4.72. The molecule has 58 heavy (non-hydrogen) atoms. The number of pyridine rings is 1. The fourth-order valence-electron chi connectivity index (χ4n) is 9.58. The lowest BCUT2D eigenvalue weighted by atomic mass is 9.70. The Kier molecular flexibility index (Phi) is 7.11. The van der Waals surface area contributed by atoms with Gasteiger partial charge in [0.2, 0.25) is 0 Å². The van der Waals surface area contributed by atoms with E-state index in [1.54, 1.807) is 0 Å². The van der Waals surface area contributed by atoms with Crippen molar-refractivity contribution in [1.29, 1.82) is 0 Å². The lowest BCUT2D eigenvalue weighted by Crippen LogP contribution is -2.25. The van der Waals surface area contributed by atoms with E-state index in [9.17, 15) is 0 Å².